The molecule has 0 aromatic rings. The van der Waals surface area contributed by atoms with Gasteiger partial charge >= 0.3 is 0 Å². The summed E-state index contributed by atoms with van der Waals surface area (Å²) in [4.78, 5) is 2.36. The first-order valence-corrected chi connectivity index (χ1v) is 5.87. The first kappa shape index (κ1) is 13.9. The molecule has 0 amide bonds. The summed E-state index contributed by atoms with van der Waals surface area (Å²) in [7, 11) is 0. The highest BCUT2D eigenvalue weighted by Crippen LogP contribution is 2.27. The Labute approximate surface area is 89.3 Å². The van der Waals surface area contributed by atoms with E-state index in [4.69, 9.17) is 0 Å². The van der Waals surface area contributed by atoms with Crippen LogP contribution >= 0.6 is 0 Å². The van der Waals surface area contributed by atoms with Crippen LogP contribution in [0.3, 0.4) is 0 Å². The average Bonchev–Trinajstić information content (AvgIpc) is 2.17. The standard InChI is InChI=1S/C12H27NO/c1-7-12(6,11(14)10(4)5)13(8-2)9-3/h10-11,14H,7-9H2,1-6H3. The maximum atomic E-state index is 10.2. The molecule has 86 valence electrons. The molecule has 2 atom stereocenters. The van der Waals surface area contributed by atoms with E-state index in [1.54, 1.807) is 0 Å². The van der Waals surface area contributed by atoms with Gasteiger partial charge in [0.05, 0.1) is 6.10 Å². The lowest BCUT2D eigenvalue weighted by Gasteiger charge is -2.44. The zero-order valence-corrected chi connectivity index (χ0v) is 10.7. The minimum absolute atomic E-state index is 0.0718. The fourth-order valence-electron chi connectivity index (χ4n) is 2.28. The highest BCUT2D eigenvalue weighted by Gasteiger charge is 2.37. The summed E-state index contributed by atoms with van der Waals surface area (Å²) < 4.78 is 0. The Morgan fingerprint density at radius 1 is 1.14 bits per heavy atom. The lowest BCUT2D eigenvalue weighted by atomic mass is 9.83. The third-order valence-electron chi connectivity index (χ3n) is 3.47. The number of aliphatic hydroxyl groups excluding tert-OH is 1. The van der Waals surface area contributed by atoms with Crippen molar-refractivity contribution in [1.82, 2.24) is 4.90 Å². The Morgan fingerprint density at radius 2 is 1.57 bits per heavy atom. The molecule has 14 heavy (non-hydrogen) atoms. The molecular formula is C12H27NO. The molecule has 0 saturated carbocycles. The van der Waals surface area contributed by atoms with Gasteiger partial charge in [0.1, 0.15) is 0 Å². The van der Waals surface area contributed by atoms with Gasteiger partial charge in [0.2, 0.25) is 0 Å². The maximum absolute atomic E-state index is 10.2. The fraction of sp³-hybridized carbons (Fsp3) is 1.00. The van der Waals surface area contributed by atoms with E-state index < -0.39 is 0 Å². The third-order valence-corrected chi connectivity index (χ3v) is 3.47. The van der Waals surface area contributed by atoms with E-state index in [2.05, 4.69) is 46.4 Å². The number of hydrogen-bond donors (Lipinski definition) is 1. The van der Waals surface area contributed by atoms with Crippen molar-refractivity contribution in [3.8, 4) is 0 Å². The van der Waals surface area contributed by atoms with Gasteiger partial charge in [0.15, 0.2) is 0 Å². The highest BCUT2D eigenvalue weighted by molar-refractivity contribution is 4.92. The molecule has 0 aliphatic rings. The second-order valence-corrected chi connectivity index (χ2v) is 4.57. The van der Waals surface area contributed by atoms with Gasteiger partial charge < -0.3 is 5.11 Å². The minimum Gasteiger partial charge on any atom is -0.391 e. The third kappa shape index (κ3) is 2.71. The molecule has 0 saturated heterocycles. The Bertz CT molecular complexity index is 150. The largest absolute Gasteiger partial charge is 0.391 e. The van der Waals surface area contributed by atoms with Crippen molar-refractivity contribution in [3.63, 3.8) is 0 Å². The summed E-state index contributed by atoms with van der Waals surface area (Å²) in [6.07, 6.45) is 0.751. The quantitative estimate of drug-likeness (QED) is 0.714. The molecule has 0 rings (SSSR count). The smallest absolute Gasteiger partial charge is 0.0743 e. The summed E-state index contributed by atoms with van der Waals surface area (Å²) >= 11 is 0. The van der Waals surface area contributed by atoms with Gasteiger partial charge in [0, 0.05) is 5.54 Å². The second kappa shape index (κ2) is 5.72. The van der Waals surface area contributed by atoms with Crippen LogP contribution in [-0.4, -0.2) is 34.7 Å². The Balaban J connectivity index is 4.75. The van der Waals surface area contributed by atoms with Crippen LogP contribution in [0.1, 0.15) is 48.0 Å². The monoisotopic (exact) mass is 201 g/mol. The van der Waals surface area contributed by atoms with Crippen LogP contribution in [0.5, 0.6) is 0 Å². The average molecular weight is 201 g/mol. The number of hydrogen-bond acceptors (Lipinski definition) is 2. The number of likely N-dealkylation sites (N-methyl/N-ethyl adjacent to an activating group) is 1. The zero-order chi connectivity index (χ0) is 11.4. The van der Waals surface area contributed by atoms with Crippen LogP contribution in [-0.2, 0) is 0 Å². The van der Waals surface area contributed by atoms with E-state index in [9.17, 15) is 5.11 Å². The van der Waals surface area contributed by atoms with Gasteiger partial charge in [0.25, 0.3) is 0 Å². The van der Waals surface area contributed by atoms with Crippen molar-refractivity contribution in [2.24, 2.45) is 5.92 Å². The van der Waals surface area contributed by atoms with Gasteiger partial charge in [-0.05, 0) is 32.4 Å². The summed E-state index contributed by atoms with van der Waals surface area (Å²) in [5.74, 6) is 0.320. The fourth-order valence-corrected chi connectivity index (χ4v) is 2.28. The molecule has 0 bridgehead atoms. The van der Waals surface area contributed by atoms with Gasteiger partial charge in [-0.2, -0.15) is 0 Å². The summed E-state index contributed by atoms with van der Waals surface area (Å²) in [6.45, 7) is 14.8. The van der Waals surface area contributed by atoms with E-state index in [1.807, 2.05) is 0 Å². The number of rotatable bonds is 6. The zero-order valence-electron chi connectivity index (χ0n) is 10.7. The Kier molecular flexibility index (Phi) is 5.68. The summed E-state index contributed by atoms with van der Waals surface area (Å²) in [5, 5.41) is 10.2. The van der Waals surface area contributed by atoms with Crippen molar-refractivity contribution in [1.29, 1.82) is 0 Å². The molecule has 0 fully saturated rings. The van der Waals surface area contributed by atoms with Gasteiger partial charge in [-0.15, -0.1) is 0 Å². The molecule has 2 heteroatoms. The Morgan fingerprint density at radius 3 is 1.79 bits per heavy atom. The van der Waals surface area contributed by atoms with Crippen molar-refractivity contribution in [2.75, 3.05) is 13.1 Å². The molecule has 0 aromatic heterocycles. The van der Waals surface area contributed by atoms with Gasteiger partial charge in [-0.1, -0.05) is 34.6 Å². The Hall–Kier alpha value is -0.0800. The molecule has 0 spiro atoms. The molecule has 2 nitrogen and oxygen atoms in total. The molecule has 0 aliphatic heterocycles. The maximum Gasteiger partial charge on any atom is 0.0743 e. The lowest BCUT2D eigenvalue weighted by molar-refractivity contribution is -0.0433. The SMILES string of the molecule is CCN(CC)C(C)(CC)C(O)C(C)C. The second-order valence-electron chi connectivity index (χ2n) is 4.57. The van der Waals surface area contributed by atoms with Crippen molar-refractivity contribution >= 4 is 0 Å². The molecular weight excluding hydrogens is 174 g/mol. The topological polar surface area (TPSA) is 23.5 Å². The molecule has 1 N–H and O–H groups in total. The number of nitrogens with zero attached hydrogens (tertiary/aromatic N) is 1. The van der Waals surface area contributed by atoms with Gasteiger partial charge in [-0.3, -0.25) is 4.90 Å². The molecule has 0 heterocycles. The number of aliphatic hydroxyl groups is 1. The highest BCUT2D eigenvalue weighted by atomic mass is 16.3. The van der Waals surface area contributed by atoms with E-state index in [1.165, 1.54) is 0 Å². The predicted octanol–water partition coefficient (Wildman–Crippen LogP) is 2.51. The van der Waals surface area contributed by atoms with Crippen molar-refractivity contribution in [3.05, 3.63) is 0 Å². The molecule has 0 aliphatic carbocycles. The van der Waals surface area contributed by atoms with E-state index >= 15 is 0 Å². The van der Waals surface area contributed by atoms with E-state index in [0.717, 1.165) is 19.5 Å². The van der Waals surface area contributed by atoms with Crippen LogP contribution in [0.25, 0.3) is 0 Å². The van der Waals surface area contributed by atoms with Crippen LogP contribution in [0.15, 0.2) is 0 Å². The van der Waals surface area contributed by atoms with E-state index in [0.29, 0.717) is 5.92 Å². The van der Waals surface area contributed by atoms with Gasteiger partial charge in [-0.25, -0.2) is 0 Å². The first-order valence-electron chi connectivity index (χ1n) is 5.87. The van der Waals surface area contributed by atoms with Crippen LogP contribution in [0.4, 0.5) is 0 Å². The molecule has 0 radical (unpaired) electrons. The van der Waals surface area contributed by atoms with E-state index in [-0.39, 0.29) is 11.6 Å². The normalized spacial score (nSPS) is 18.6. The first-order chi connectivity index (χ1) is 6.43. The predicted molar refractivity (Wildman–Crippen MR) is 62.5 cm³/mol. The lowest BCUT2D eigenvalue weighted by Crippen LogP contribution is -2.55. The minimum atomic E-state index is -0.243. The van der Waals surface area contributed by atoms with Crippen LogP contribution in [0.2, 0.25) is 0 Å². The summed E-state index contributed by atoms with van der Waals surface area (Å²) in [5.41, 5.74) is -0.0718. The molecule has 2 unspecified atom stereocenters. The van der Waals surface area contributed by atoms with Crippen LogP contribution in [0, 0.1) is 5.92 Å². The van der Waals surface area contributed by atoms with Crippen LogP contribution < -0.4 is 0 Å². The molecule has 0 aromatic carbocycles. The van der Waals surface area contributed by atoms with Crippen molar-refractivity contribution < 1.29 is 5.11 Å². The summed E-state index contributed by atoms with van der Waals surface area (Å²) in [6, 6.07) is 0. The van der Waals surface area contributed by atoms with Crippen molar-refractivity contribution in [2.45, 2.75) is 59.6 Å².